The SMILES string of the molecule is CCOC(=O)c1cc([N+](=O)[O-])cnc1C=Cc1cccc(NC(=O)c2ccc(Cl)cc2)c1. The Labute approximate surface area is 188 Å². The van der Waals surface area contributed by atoms with E-state index in [4.69, 9.17) is 16.3 Å². The molecule has 32 heavy (non-hydrogen) atoms. The van der Waals surface area contributed by atoms with Gasteiger partial charge in [0.25, 0.3) is 11.6 Å². The van der Waals surface area contributed by atoms with Crippen molar-refractivity contribution in [3.63, 3.8) is 0 Å². The molecule has 0 aliphatic heterocycles. The smallest absolute Gasteiger partial charge is 0.340 e. The summed E-state index contributed by atoms with van der Waals surface area (Å²) in [6.45, 7) is 1.77. The van der Waals surface area contributed by atoms with Crippen molar-refractivity contribution in [2.75, 3.05) is 11.9 Å². The van der Waals surface area contributed by atoms with Crippen molar-refractivity contribution in [1.29, 1.82) is 0 Å². The molecule has 1 heterocycles. The second-order valence-electron chi connectivity index (χ2n) is 6.52. The normalized spacial score (nSPS) is 10.7. The van der Waals surface area contributed by atoms with E-state index < -0.39 is 10.9 Å². The van der Waals surface area contributed by atoms with Crippen LogP contribution in [0.5, 0.6) is 0 Å². The standard InChI is InChI=1S/C23H18ClN3O5/c1-2-32-23(29)20-13-19(27(30)31)14-25-21(20)11-6-15-4-3-5-18(12-15)26-22(28)16-7-9-17(24)10-8-16/h3-14H,2H2,1H3,(H,26,28). The number of rotatable bonds is 7. The molecule has 9 heteroatoms. The van der Waals surface area contributed by atoms with Crippen molar-refractivity contribution < 1.29 is 19.2 Å². The molecule has 0 saturated carbocycles. The van der Waals surface area contributed by atoms with Gasteiger partial charge in [-0.1, -0.05) is 29.8 Å². The fourth-order valence-electron chi connectivity index (χ4n) is 2.77. The number of anilines is 1. The molecule has 1 aromatic heterocycles. The Morgan fingerprint density at radius 1 is 1.16 bits per heavy atom. The third kappa shape index (κ3) is 5.77. The number of amides is 1. The maximum Gasteiger partial charge on any atom is 0.340 e. The maximum absolute atomic E-state index is 12.4. The van der Waals surface area contributed by atoms with Crippen LogP contribution in [0.3, 0.4) is 0 Å². The summed E-state index contributed by atoms with van der Waals surface area (Å²) >= 11 is 5.85. The van der Waals surface area contributed by atoms with E-state index in [9.17, 15) is 19.7 Å². The number of hydrogen-bond acceptors (Lipinski definition) is 6. The van der Waals surface area contributed by atoms with E-state index in [0.717, 1.165) is 12.3 Å². The van der Waals surface area contributed by atoms with E-state index in [1.807, 2.05) is 0 Å². The first-order valence-corrected chi connectivity index (χ1v) is 9.92. The molecule has 0 aliphatic carbocycles. The number of benzene rings is 2. The number of pyridine rings is 1. The van der Waals surface area contributed by atoms with Crippen LogP contribution in [-0.2, 0) is 4.74 Å². The molecule has 2 aromatic carbocycles. The lowest BCUT2D eigenvalue weighted by atomic mass is 10.1. The van der Waals surface area contributed by atoms with E-state index in [1.165, 1.54) is 0 Å². The summed E-state index contributed by atoms with van der Waals surface area (Å²) in [4.78, 5) is 39.0. The van der Waals surface area contributed by atoms with Crippen LogP contribution in [-0.4, -0.2) is 28.4 Å². The van der Waals surface area contributed by atoms with Gasteiger partial charge in [0.2, 0.25) is 0 Å². The highest BCUT2D eigenvalue weighted by Gasteiger charge is 2.17. The molecule has 162 valence electrons. The van der Waals surface area contributed by atoms with Gasteiger partial charge in [-0.05, 0) is 55.0 Å². The summed E-state index contributed by atoms with van der Waals surface area (Å²) in [5, 5.41) is 14.4. The Bertz CT molecular complexity index is 1190. The van der Waals surface area contributed by atoms with Gasteiger partial charge in [-0.2, -0.15) is 0 Å². The fraction of sp³-hybridized carbons (Fsp3) is 0.0870. The van der Waals surface area contributed by atoms with Gasteiger partial charge < -0.3 is 10.1 Å². The third-order valence-corrected chi connectivity index (χ3v) is 4.55. The van der Waals surface area contributed by atoms with Crippen molar-refractivity contribution >= 4 is 47.0 Å². The minimum absolute atomic E-state index is 0.00973. The molecule has 8 nitrogen and oxygen atoms in total. The zero-order valence-corrected chi connectivity index (χ0v) is 17.7. The number of esters is 1. The molecule has 1 amide bonds. The summed E-state index contributed by atoms with van der Waals surface area (Å²) < 4.78 is 4.98. The van der Waals surface area contributed by atoms with E-state index >= 15 is 0 Å². The number of carbonyl (C=O) groups is 2. The van der Waals surface area contributed by atoms with Crippen LogP contribution in [0.2, 0.25) is 5.02 Å². The predicted molar refractivity (Wildman–Crippen MR) is 122 cm³/mol. The molecular weight excluding hydrogens is 434 g/mol. The van der Waals surface area contributed by atoms with Crippen LogP contribution in [0.1, 0.15) is 38.9 Å². The summed E-state index contributed by atoms with van der Waals surface area (Å²) in [6.07, 6.45) is 4.30. The molecule has 3 rings (SSSR count). The first-order valence-electron chi connectivity index (χ1n) is 9.54. The van der Waals surface area contributed by atoms with E-state index in [2.05, 4.69) is 10.3 Å². The van der Waals surface area contributed by atoms with Crippen molar-refractivity contribution in [3.05, 3.63) is 98.3 Å². The summed E-state index contributed by atoms with van der Waals surface area (Å²) in [6, 6.07) is 14.7. The number of aromatic nitrogens is 1. The molecule has 0 spiro atoms. The zero-order valence-electron chi connectivity index (χ0n) is 16.9. The summed E-state index contributed by atoms with van der Waals surface area (Å²) in [5.41, 5.74) is 1.65. The van der Waals surface area contributed by atoms with Crippen LogP contribution in [0.25, 0.3) is 12.2 Å². The van der Waals surface area contributed by atoms with Gasteiger partial charge in [-0.15, -0.1) is 0 Å². The van der Waals surface area contributed by atoms with Crippen molar-refractivity contribution in [2.45, 2.75) is 6.92 Å². The van der Waals surface area contributed by atoms with E-state index in [1.54, 1.807) is 67.6 Å². The zero-order chi connectivity index (χ0) is 23.1. The molecule has 0 saturated heterocycles. The van der Waals surface area contributed by atoms with Gasteiger partial charge in [0.05, 0.1) is 22.8 Å². The van der Waals surface area contributed by atoms with Crippen molar-refractivity contribution in [1.82, 2.24) is 4.98 Å². The van der Waals surface area contributed by atoms with Crippen LogP contribution < -0.4 is 5.32 Å². The van der Waals surface area contributed by atoms with Gasteiger partial charge >= 0.3 is 5.97 Å². The minimum atomic E-state index is -0.702. The Hall–Kier alpha value is -4.04. The lowest BCUT2D eigenvalue weighted by molar-refractivity contribution is -0.385. The van der Waals surface area contributed by atoms with Crippen LogP contribution in [0.15, 0.2) is 60.8 Å². The first-order chi connectivity index (χ1) is 15.4. The average Bonchev–Trinajstić information content (AvgIpc) is 2.78. The lowest BCUT2D eigenvalue weighted by Crippen LogP contribution is -2.11. The highest BCUT2D eigenvalue weighted by atomic mass is 35.5. The largest absolute Gasteiger partial charge is 0.462 e. The van der Waals surface area contributed by atoms with Crippen LogP contribution >= 0.6 is 11.6 Å². The van der Waals surface area contributed by atoms with Crippen molar-refractivity contribution in [2.24, 2.45) is 0 Å². The number of halogens is 1. The van der Waals surface area contributed by atoms with Gasteiger partial charge in [-0.3, -0.25) is 14.9 Å². The molecule has 0 atom stereocenters. The highest BCUT2D eigenvalue weighted by Crippen LogP contribution is 2.20. The highest BCUT2D eigenvalue weighted by molar-refractivity contribution is 6.30. The number of hydrogen-bond donors (Lipinski definition) is 1. The number of nitrogens with one attached hydrogen (secondary N) is 1. The quantitative estimate of drug-likeness (QED) is 0.298. The molecule has 1 N–H and O–H groups in total. The van der Waals surface area contributed by atoms with Crippen LogP contribution in [0.4, 0.5) is 11.4 Å². The number of nitrogens with zero attached hydrogens (tertiary/aromatic N) is 2. The lowest BCUT2D eigenvalue weighted by Gasteiger charge is -2.07. The number of nitro groups is 1. The van der Waals surface area contributed by atoms with E-state index in [0.29, 0.717) is 21.8 Å². The Morgan fingerprint density at radius 2 is 1.91 bits per heavy atom. The number of ether oxygens (including phenoxy) is 1. The molecule has 0 unspecified atom stereocenters. The number of carbonyl (C=O) groups excluding carboxylic acids is 2. The predicted octanol–water partition coefficient (Wildman–Crippen LogP) is 5.24. The molecular formula is C23H18ClN3O5. The van der Waals surface area contributed by atoms with Gasteiger partial charge in [-0.25, -0.2) is 9.78 Å². The average molecular weight is 452 g/mol. The topological polar surface area (TPSA) is 111 Å². The monoisotopic (exact) mass is 451 g/mol. The third-order valence-electron chi connectivity index (χ3n) is 4.29. The van der Waals surface area contributed by atoms with Crippen molar-refractivity contribution in [3.8, 4) is 0 Å². The first kappa shape index (κ1) is 22.6. The molecule has 0 fully saturated rings. The molecule has 0 bridgehead atoms. The Balaban J connectivity index is 1.82. The van der Waals surface area contributed by atoms with Gasteiger partial charge in [0, 0.05) is 22.3 Å². The Morgan fingerprint density at radius 3 is 2.59 bits per heavy atom. The second kappa shape index (κ2) is 10.3. The van der Waals surface area contributed by atoms with Gasteiger partial charge in [0.1, 0.15) is 6.20 Å². The molecule has 3 aromatic rings. The fourth-order valence-corrected chi connectivity index (χ4v) is 2.90. The minimum Gasteiger partial charge on any atom is -0.462 e. The molecule has 0 aliphatic rings. The summed E-state index contributed by atoms with van der Waals surface area (Å²) in [7, 11) is 0. The molecule has 0 radical (unpaired) electrons. The van der Waals surface area contributed by atoms with Crippen LogP contribution in [0, 0.1) is 10.1 Å². The Kier molecular flexibility index (Phi) is 7.30. The van der Waals surface area contributed by atoms with E-state index in [-0.39, 0.29) is 29.5 Å². The maximum atomic E-state index is 12.4. The second-order valence-corrected chi connectivity index (χ2v) is 6.96. The summed E-state index contributed by atoms with van der Waals surface area (Å²) in [5.74, 6) is -0.989. The van der Waals surface area contributed by atoms with Gasteiger partial charge in [0.15, 0.2) is 0 Å².